The van der Waals surface area contributed by atoms with Gasteiger partial charge in [-0.3, -0.25) is 4.98 Å². The molecule has 0 aliphatic carbocycles. The van der Waals surface area contributed by atoms with E-state index in [0.717, 1.165) is 52.0 Å². The van der Waals surface area contributed by atoms with Gasteiger partial charge in [-0.05, 0) is 75.5 Å². The molecule has 0 spiro atoms. The van der Waals surface area contributed by atoms with Gasteiger partial charge in [0, 0.05) is 50.1 Å². The predicted molar refractivity (Wildman–Crippen MR) is 127 cm³/mol. The number of aryl methyl sites for hydroxylation is 1. The second-order valence-corrected chi connectivity index (χ2v) is 8.82. The molecule has 1 aromatic heterocycles. The average Bonchev–Trinajstić information content (AvgIpc) is 2.76. The van der Waals surface area contributed by atoms with Gasteiger partial charge in [0.2, 0.25) is 0 Å². The molecular weight excluding hydrogens is 370 g/mol. The van der Waals surface area contributed by atoms with Crippen LogP contribution >= 0.6 is 0 Å². The SMILES string of the molecule is CC1Cc2c(cccc2N2CCC(N)CC2)CN1.CCN(C)Cc1ncccc1C. The van der Waals surface area contributed by atoms with Gasteiger partial charge in [0.05, 0.1) is 5.69 Å². The molecule has 1 unspecified atom stereocenters. The first-order valence-electron chi connectivity index (χ1n) is 11.4. The Morgan fingerprint density at radius 2 is 1.97 bits per heavy atom. The first-order valence-corrected chi connectivity index (χ1v) is 11.4. The van der Waals surface area contributed by atoms with Crippen molar-refractivity contribution in [1.29, 1.82) is 0 Å². The van der Waals surface area contributed by atoms with Crippen LogP contribution in [0.15, 0.2) is 36.5 Å². The Hall–Kier alpha value is -1.95. The summed E-state index contributed by atoms with van der Waals surface area (Å²) >= 11 is 0. The minimum absolute atomic E-state index is 0.404. The van der Waals surface area contributed by atoms with Gasteiger partial charge >= 0.3 is 0 Å². The number of hydrogen-bond donors (Lipinski definition) is 2. The lowest BCUT2D eigenvalue weighted by Crippen LogP contribution is -2.41. The second kappa shape index (κ2) is 10.9. The maximum absolute atomic E-state index is 6.00. The van der Waals surface area contributed by atoms with E-state index in [0.29, 0.717) is 12.1 Å². The number of nitrogens with two attached hydrogens (primary N) is 1. The highest BCUT2D eigenvalue weighted by atomic mass is 15.1. The number of pyridine rings is 1. The molecule has 3 heterocycles. The van der Waals surface area contributed by atoms with Crippen LogP contribution in [0.5, 0.6) is 0 Å². The van der Waals surface area contributed by atoms with E-state index < -0.39 is 0 Å². The Morgan fingerprint density at radius 3 is 2.67 bits per heavy atom. The molecule has 0 amide bonds. The van der Waals surface area contributed by atoms with Crippen molar-refractivity contribution in [3.8, 4) is 0 Å². The highest BCUT2D eigenvalue weighted by molar-refractivity contribution is 5.58. The van der Waals surface area contributed by atoms with Crippen LogP contribution in [0.25, 0.3) is 0 Å². The van der Waals surface area contributed by atoms with Crippen molar-refractivity contribution in [3.05, 3.63) is 58.9 Å². The van der Waals surface area contributed by atoms with E-state index in [4.69, 9.17) is 5.73 Å². The molecule has 2 aliphatic heterocycles. The van der Waals surface area contributed by atoms with Crippen LogP contribution in [0.4, 0.5) is 5.69 Å². The number of nitrogens with zero attached hydrogens (tertiary/aromatic N) is 3. The van der Waals surface area contributed by atoms with E-state index in [1.54, 1.807) is 5.56 Å². The average molecular weight is 410 g/mol. The summed E-state index contributed by atoms with van der Waals surface area (Å²) in [6.07, 6.45) is 5.24. The van der Waals surface area contributed by atoms with Gasteiger partial charge in [0.15, 0.2) is 0 Å². The Morgan fingerprint density at radius 1 is 1.20 bits per heavy atom. The van der Waals surface area contributed by atoms with Gasteiger partial charge < -0.3 is 20.9 Å². The summed E-state index contributed by atoms with van der Waals surface area (Å²) in [5.74, 6) is 0. The number of aromatic nitrogens is 1. The maximum Gasteiger partial charge on any atom is 0.0572 e. The van der Waals surface area contributed by atoms with Crippen molar-refractivity contribution in [2.24, 2.45) is 5.73 Å². The van der Waals surface area contributed by atoms with Crippen molar-refractivity contribution < 1.29 is 0 Å². The summed E-state index contributed by atoms with van der Waals surface area (Å²) in [6.45, 7) is 11.8. The van der Waals surface area contributed by atoms with Crippen LogP contribution in [0.1, 0.15) is 49.1 Å². The van der Waals surface area contributed by atoms with Crippen molar-refractivity contribution in [2.45, 2.75) is 65.2 Å². The molecule has 30 heavy (non-hydrogen) atoms. The molecule has 0 radical (unpaired) electrons. The minimum Gasteiger partial charge on any atom is -0.371 e. The zero-order valence-corrected chi connectivity index (χ0v) is 19.2. The van der Waals surface area contributed by atoms with Gasteiger partial charge in [0.1, 0.15) is 0 Å². The lowest BCUT2D eigenvalue weighted by Gasteiger charge is -2.35. The summed E-state index contributed by atoms with van der Waals surface area (Å²) in [7, 11) is 2.11. The Labute approximate surface area is 182 Å². The molecule has 5 nitrogen and oxygen atoms in total. The van der Waals surface area contributed by atoms with Crippen LogP contribution in [-0.2, 0) is 19.5 Å². The molecule has 0 bridgehead atoms. The number of fused-ring (bicyclic) bond motifs is 1. The number of benzene rings is 1. The molecule has 2 aliphatic rings. The third-order valence-corrected chi connectivity index (χ3v) is 6.36. The standard InChI is InChI=1S/C15H23N3.C10H16N2/c1-11-9-14-12(10-17-11)3-2-4-15(14)18-7-5-13(16)6-8-18;1-4-12(3)8-10-9(2)6-5-7-11-10/h2-4,11,13,17H,5-10,16H2,1H3;5-7H,4,8H2,1-3H3. The molecule has 1 fully saturated rings. The van der Waals surface area contributed by atoms with Crippen molar-refractivity contribution >= 4 is 5.69 Å². The monoisotopic (exact) mass is 409 g/mol. The molecule has 1 atom stereocenters. The Bertz CT molecular complexity index is 798. The molecule has 5 heteroatoms. The van der Waals surface area contributed by atoms with E-state index in [9.17, 15) is 0 Å². The highest BCUT2D eigenvalue weighted by Gasteiger charge is 2.22. The lowest BCUT2D eigenvalue weighted by atomic mass is 9.93. The summed E-state index contributed by atoms with van der Waals surface area (Å²) in [4.78, 5) is 9.10. The first kappa shape index (κ1) is 22.7. The van der Waals surface area contributed by atoms with E-state index >= 15 is 0 Å². The smallest absolute Gasteiger partial charge is 0.0572 e. The van der Waals surface area contributed by atoms with Gasteiger partial charge in [-0.15, -0.1) is 0 Å². The number of piperidine rings is 1. The fourth-order valence-electron chi connectivity index (χ4n) is 4.17. The number of anilines is 1. The van der Waals surface area contributed by atoms with Crippen LogP contribution in [0, 0.1) is 6.92 Å². The number of rotatable bonds is 4. The fourth-order valence-corrected chi connectivity index (χ4v) is 4.17. The Balaban J connectivity index is 0.000000187. The largest absolute Gasteiger partial charge is 0.371 e. The third-order valence-electron chi connectivity index (χ3n) is 6.36. The summed E-state index contributed by atoms with van der Waals surface area (Å²) < 4.78 is 0. The molecular formula is C25H39N5. The summed E-state index contributed by atoms with van der Waals surface area (Å²) in [6, 6.07) is 11.8. The quantitative estimate of drug-likeness (QED) is 0.810. The van der Waals surface area contributed by atoms with E-state index in [1.165, 1.54) is 22.5 Å². The zero-order valence-electron chi connectivity index (χ0n) is 19.2. The van der Waals surface area contributed by atoms with E-state index in [1.807, 2.05) is 12.3 Å². The van der Waals surface area contributed by atoms with Crippen molar-refractivity contribution in [2.75, 3.05) is 31.6 Å². The first-order chi connectivity index (χ1) is 14.5. The van der Waals surface area contributed by atoms with Crippen LogP contribution < -0.4 is 16.0 Å². The second-order valence-electron chi connectivity index (χ2n) is 8.82. The number of nitrogens with one attached hydrogen (secondary N) is 1. The topological polar surface area (TPSA) is 57.4 Å². The normalized spacial score (nSPS) is 19.3. The molecule has 2 aromatic rings. The van der Waals surface area contributed by atoms with Crippen LogP contribution in [0.3, 0.4) is 0 Å². The highest BCUT2D eigenvalue weighted by Crippen LogP contribution is 2.29. The molecule has 1 aromatic carbocycles. The predicted octanol–water partition coefficient (Wildman–Crippen LogP) is 3.49. The van der Waals surface area contributed by atoms with E-state index in [-0.39, 0.29) is 0 Å². The zero-order chi connectivity index (χ0) is 21.5. The number of hydrogen-bond acceptors (Lipinski definition) is 5. The van der Waals surface area contributed by atoms with Gasteiger partial charge in [-0.2, -0.15) is 0 Å². The van der Waals surface area contributed by atoms with Gasteiger partial charge in [-0.25, -0.2) is 0 Å². The molecule has 3 N–H and O–H groups in total. The van der Waals surface area contributed by atoms with Crippen LogP contribution in [-0.4, -0.2) is 48.6 Å². The van der Waals surface area contributed by atoms with Crippen molar-refractivity contribution in [1.82, 2.24) is 15.2 Å². The lowest BCUT2D eigenvalue weighted by molar-refractivity contribution is 0.340. The third kappa shape index (κ3) is 6.03. The molecule has 1 saturated heterocycles. The summed E-state index contributed by atoms with van der Waals surface area (Å²) in [5.41, 5.74) is 12.9. The Kier molecular flexibility index (Phi) is 8.25. The van der Waals surface area contributed by atoms with Crippen LogP contribution in [0.2, 0.25) is 0 Å². The van der Waals surface area contributed by atoms with Gasteiger partial charge in [-0.1, -0.05) is 25.1 Å². The minimum atomic E-state index is 0.404. The van der Waals surface area contributed by atoms with E-state index in [2.05, 4.69) is 72.2 Å². The molecule has 164 valence electrons. The van der Waals surface area contributed by atoms with Gasteiger partial charge in [0.25, 0.3) is 0 Å². The van der Waals surface area contributed by atoms with Crippen molar-refractivity contribution in [3.63, 3.8) is 0 Å². The fraction of sp³-hybridized carbons (Fsp3) is 0.560. The summed E-state index contributed by atoms with van der Waals surface area (Å²) in [5, 5.41) is 3.54. The molecule has 4 rings (SSSR count). The molecule has 0 saturated carbocycles. The maximum atomic E-state index is 6.00.